The number of pyridine rings is 1. The van der Waals surface area contributed by atoms with Crippen molar-refractivity contribution in [3.63, 3.8) is 0 Å². The zero-order chi connectivity index (χ0) is 25.2. The molecule has 0 aliphatic heterocycles. The molecular weight excluding hydrogens is 453 g/mol. The fourth-order valence-electron chi connectivity index (χ4n) is 3.28. The molecule has 1 amide bonds. The first-order valence-corrected chi connectivity index (χ1v) is 10.9. The van der Waals surface area contributed by atoms with E-state index < -0.39 is 17.7 Å². The third kappa shape index (κ3) is 5.10. The number of nitrogens with zero attached hydrogens (tertiary/aromatic N) is 7. The highest BCUT2D eigenvalue weighted by Gasteiger charge is 2.27. The van der Waals surface area contributed by atoms with E-state index in [1.807, 2.05) is 13.0 Å². The van der Waals surface area contributed by atoms with Crippen LogP contribution < -0.4 is 10.6 Å². The Kier molecular flexibility index (Phi) is 6.44. The molecule has 4 rings (SSSR count). The highest BCUT2D eigenvalue weighted by Crippen LogP contribution is 2.27. The summed E-state index contributed by atoms with van der Waals surface area (Å²) in [7, 11) is 0. The molecule has 0 radical (unpaired) electrons. The molecule has 4 aromatic rings. The summed E-state index contributed by atoms with van der Waals surface area (Å²) in [5.74, 6) is -0.559. The van der Waals surface area contributed by atoms with Gasteiger partial charge in [0.1, 0.15) is 17.9 Å². The van der Waals surface area contributed by atoms with Crippen LogP contribution in [-0.4, -0.2) is 58.7 Å². The summed E-state index contributed by atoms with van der Waals surface area (Å²) < 4.78 is 17.4. The molecule has 35 heavy (non-hydrogen) atoms. The molecule has 0 fully saturated rings. The van der Waals surface area contributed by atoms with Crippen LogP contribution in [0.1, 0.15) is 36.7 Å². The number of aliphatic hydroxyl groups is 1. The fourth-order valence-corrected chi connectivity index (χ4v) is 3.28. The molecule has 12 heteroatoms. The molecule has 0 aromatic carbocycles. The Hall–Kier alpha value is -4.37. The summed E-state index contributed by atoms with van der Waals surface area (Å²) in [6, 6.07) is 5.29. The number of aromatic nitrogens is 6. The van der Waals surface area contributed by atoms with Gasteiger partial charge in [-0.25, -0.2) is 13.9 Å². The number of nitriles is 1. The van der Waals surface area contributed by atoms with E-state index in [4.69, 9.17) is 5.26 Å². The van der Waals surface area contributed by atoms with Crippen LogP contribution in [0.4, 0.5) is 15.8 Å². The molecule has 11 nitrogen and oxygen atoms in total. The molecule has 4 aromatic heterocycles. The van der Waals surface area contributed by atoms with Gasteiger partial charge >= 0.3 is 0 Å². The number of nitrogens with one attached hydrogen (secondary N) is 2. The average Bonchev–Trinajstić information content (AvgIpc) is 3.47. The molecule has 4 heterocycles. The number of aryl methyl sites for hydroxylation is 1. The zero-order valence-electron chi connectivity index (χ0n) is 19.4. The first-order chi connectivity index (χ1) is 16.7. The van der Waals surface area contributed by atoms with E-state index in [2.05, 4.69) is 30.8 Å². The van der Waals surface area contributed by atoms with E-state index in [9.17, 15) is 14.3 Å². The Balaban J connectivity index is 1.70. The van der Waals surface area contributed by atoms with Gasteiger partial charge in [-0.15, -0.1) is 0 Å². The van der Waals surface area contributed by atoms with Crippen molar-refractivity contribution in [1.82, 2.24) is 34.7 Å². The molecule has 0 spiro atoms. The summed E-state index contributed by atoms with van der Waals surface area (Å²) in [6.45, 7) is 4.93. The first kappa shape index (κ1) is 23.8. The Morgan fingerprint density at radius 2 is 2.03 bits per heavy atom. The lowest BCUT2D eigenvalue weighted by Crippen LogP contribution is -2.42. The van der Waals surface area contributed by atoms with E-state index in [0.717, 1.165) is 0 Å². The number of amides is 1. The number of hydrogen-bond acceptors (Lipinski definition) is 8. The lowest BCUT2D eigenvalue weighted by molar-refractivity contribution is -0.00177. The highest BCUT2D eigenvalue weighted by atomic mass is 19.1. The quantitative estimate of drug-likeness (QED) is 0.351. The van der Waals surface area contributed by atoms with Crippen molar-refractivity contribution < 1.29 is 14.3 Å². The van der Waals surface area contributed by atoms with Gasteiger partial charge in [0.05, 0.1) is 58.9 Å². The smallest absolute Gasteiger partial charge is 0.255 e. The van der Waals surface area contributed by atoms with Crippen LogP contribution in [0, 0.1) is 11.3 Å². The third-order valence-corrected chi connectivity index (χ3v) is 5.35. The zero-order valence-corrected chi connectivity index (χ0v) is 19.4. The molecule has 0 saturated carbocycles. The fraction of sp³-hybridized carbons (Fsp3) is 0.304. The lowest BCUT2D eigenvalue weighted by atomic mass is 10.0. The van der Waals surface area contributed by atoms with Crippen LogP contribution in [-0.2, 0) is 6.54 Å². The summed E-state index contributed by atoms with van der Waals surface area (Å²) in [4.78, 5) is 21.6. The monoisotopic (exact) mass is 477 g/mol. The average molecular weight is 478 g/mol. The second-order valence-corrected chi connectivity index (χ2v) is 8.43. The molecule has 1 atom stereocenters. The summed E-state index contributed by atoms with van der Waals surface area (Å²) in [5.41, 5.74) is 1.51. The predicted octanol–water partition coefficient (Wildman–Crippen LogP) is 2.46. The number of halogens is 1. The number of hydrogen-bond donors (Lipinski definition) is 3. The SMILES string of the molecule is CCn1cc(Nc2cc(-c3cnc4cc(C#N)cnn34)ncc2C(=O)NCC(F)C(C)(C)O)cn1. The lowest BCUT2D eigenvalue weighted by Gasteiger charge is -2.22. The second-order valence-electron chi connectivity index (χ2n) is 8.43. The Labute approximate surface area is 200 Å². The van der Waals surface area contributed by atoms with Gasteiger partial charge in [-0.2, -0.15) is 15.5 Å². The molecule has 0 aliphatic carbocycles. The van der Waals surface area contributed by atoms with E-state index in [-0.39, 0.29) is 12.1 Å². The van der Waals surface area contributed by atoms with Crippen molar-refractivity contribution in [2.45, 2.75) is 39.1 Å². The summed E-state index contributed by atoms with van der Waals surface area (Å²) >= 11 is 0. The molecule has 3 N–H and O–H groups in total. The predicted molar refractivity (Wildman–Crippen MR) is 126 cm³/mol. The maximum Gasteiger partial charge on any atom is 0.255 e. The van der Waals surface area contributed by atoms with Gasteiger partial charge in [-0.05, 0) is 26.8 Å². The standard InChI is InChI=1S/C23H24FN9O2/c1-4-32-13-15(9-29-32)31-17-6-18(19-11-27-21-5-14(7-25)8-30-33(19)21)26-10-16(17)22(34)28-12-20(24)23(2,3)35/h5-6,8-11,13,20,35H,4,12H2,1-3H3,(H,26,31)(H,28,34). The van der Waals surface area contributed by atoms with Crippen molar-refractivity contribution >= 4 is 22.9 Å². The number of imidazole rings is 1. The third-order valence-electron chi connectivity index (χ3n) is 5.35. The number of fused-ring (bicyclic) bond motifs is 1. The molecule has 1 unspecified atom stereocenters. The van der Waals surface area contributed by atoms with Crippen LogP contribution in [0.3, 0.4) is 0 Å². The summed E-state index contributed by atoms with van der Waals surface area (Å²) in [6.07, 6.45) is 6.12. The first-order valence-electron chi connectivity index (χ1n) is 10.9. The van der Waals surface area contributed by atoms with Gasteiger partial charge in [-0.1, -0.05) is 0 Å². The van der Waals surface area contributed by atoms with Crippen LogP contribution in [0.15, 0.2) is 43.1 Å². The van der Waals surface area contributed by atoms with Gasteiger partial charge in [0.25, 0.3) is 5.91 Å². The van der Waals surface area contributed by atoms with E-state index in [0.29, 0.717) is 40.5 Å². The van der Waals surface area contributed by atoms with Crippen molar-refractivity contribution in [2.24, 2.45) is 0 Å². The van der Waals surface area contributed by atoms with Crippen LogP contribution in [0.25, 0.3) is 17.0 Å². The number of alkyl halides is 1. The largest absolute Gasteiger partial charge is 0.387 e. The van der Waals surface area contributed by atoms with Crippen LogP contribution in [0.2, 0.25) is 0 Å². The second kappa shape index (κ2) is 9.47. The number of rotatable bonds is 8. The van der Waals surface area contributed by atoms with E-state index in [1.54, 1.807) is 39.9 Å². The van der Waals surface area contributed by atoms with Gasteiger partial charge in [-0.3, -0.25) is 14.5 Å². The van der Waals surface area contributed by atoms with Gasteiger partial charge in [0.2, 0.25) is 0 Å². The van der Waals surface area contributed by atoms with Gasteiger partial charge in [0, 0.05) is 25.0 Å². The van der Waals surface area contributed by atoms with Crippen molar-refractivity contribution in [3.05, 3.63) is 54.2 Å². The normalized spacial score (nSPS) is 12.3. The van der Waals surface area contributed by atoms with Crippen molar-refractivity contribution in [3.8, 4) is 17.5 Å². The molecule has 0 saturated heterocycles. The Bertz CT molecular complexity index is 1410. The highest BCUT2D eigenvalue weighted by molar-refractivity contribution is 6.00. The molecule has 0 bridgehead atoms. The maximum atomic E-state index is 14.2. The van der Waals surface area contributed by atoms with Crippen molar-refractivity contribution in [1.29, 1.82) is 5.26 Å². The Morgan fingerprint density at radius 1 is 1.23 bits per heavy atom. The Morgan fingerprint density at radius 3 is 2.71 bits per heavy atom. The van der Waals surface area contributed by atoms with Crippen molar-refractivity contribution in [2.75, 3.05) is 11.9 Å². The number of anilines is 2. The topological polar surface area (TPSA) is 146 Å². The minimum Gasteiger partial charge on any atom is -0.387 e. The maximum absolute atomic E-state index is 14.2. The van der Waals surface area contributed by atoms with E-state index >= 15 is 0 Å². The van der Waals surface area contributed by atoms with Crippen LogP contribution >= 0.6 is 0 Å². The van der Waals surface area contributed by atoms with Gasteiger partial charge < -0.3 is 15.7 Å². The molecule has 0 aliphatic rings. The minimum absolute atomic E-state index is 0.175. The number of carbonyl (C=O) groups is 1. The minimum atomic E-state index is -1.65. The van der Waals surface area contributed by atoms with Crippen LogP contribution in [0.5, 0.6) is 0 Å². The summed E-state index contributed by atoms with van der Waals surface area (Å²) in [5, 5.41) is 33.1. The molecule has 180 valence electrons. The van der Waals surface area contributed by atoms with Gasteiger partial charge in [0.15, 0.2) is 5.65 Å². The van der Waals surface area contributed by atoms with E-state index in [1.165, 1.54) is 26.2 Å². The number of carbonyl (C=O) groups excluding carboxylic acids is 1. The molecular formula is C23H24FN9O2.